The SMILES string of the molecule is Nc1cnc(NCCc2ccc(Cl)cc2)c(C(=O)O)c1. The van der Waals surface area contributed by atoms with E-state index in [1.165, 1.54) is 12.3 Å². The summed E-state index contributed by atoms with van der Waals surface area (Å²) in [5.74, 6) is -0.737. The van der Waals surface area contributed by atoms with Crippen molar-refractivity contribution in [2.45, 2.75) is 6.42 Å². The molecule has 20 heavy (non-hydrogen) atoms. The highest BCUT2D eigenvalue weighted by Crippen LogP contribution is 2.16. The van der Waals surface area contributed by atoms with Crippen molar-refractivity contribution in [3.05, 3.63) is 52.7 Å². The lowest BCUT2D eigenvalue weighted by molar-refractivity contribution is 0.0697. The zero-order valence-electron chi connectivity index (χ0n) is 10.6. The van der Waals surface area contributed by atoms with Crippen molar-refractivity contribution in [3.8, 4) is 0 Å². The zero-order chi connectivity index (χ0) is 14.5. The van der Waals surface area contributed by atoms with Gasteiger partial charge in [0.05, 0.1) is 11.9 Å². The highest BCUT2D eigenvalue weighted by atomic mass is 35.5. The van der Waals surface area contributed by atoms with Gasteiger partial charge in [-0.15, -0.1) is 0 Å². The highest BCUT2D eigenvalue weighted by molar-refractivity contribution is 6.30. The van der Waals surface area contributed by atoms with Crippen LogP contribution in [0.2, 0.25) is 5.02 Å². The fourth-order valence-corrected chi connectivity index (χ4v) is 1.89. The predicted octanol–water partition coefficient (Wildman–Crippen LogP) is 2.67. The summed E-state index contributed by atoms with van der Waals surface area (Å²) in [6.07, 6.45) is 2.17. The van der Waals surface area contributed by atoms with Crippen LogP contribution in [0.15, 0.2) is 36.5 Å². The van der Waals surface area contributed by atoms with E-state index in [0.717, 1.165) is 12.0 Å². The number of nitrogens with zero attached hydrogens (tertiary/aromatic N) is 1. The molecule has 1 aromatic carbocycles. The predicted molar refractivity (Wildman–Crippen MR) is 79.3 cm³/mol. The Morgan fingerprint density at radius 2 is 2.05 bits per heavy atom. The Morgan fingerprint density at radius 1 is 1.35 bits per heavy atom. The molecule has 0 saturated heterocycles. The Hall–Kier alpha value is -2.27. The quantitative estimate of drug-likeness (QED) is 0.788. The van der Waals surface area contributed by atoms with Crippen LogP contribution in [0.1, 0.15) is 15.9 Å². The Labute approximate surface area is 121 Å². The molecule has 4 N–H and O–H groups in total. The molecule has 0 aliphatic rings. The summed E-state index contributed by atoms with van der Waals surface area (Å²) in [5.41, 5.74) is 7.03. The largest absolute Gasteiger partial charge is 0.478 e. The molecule has 6 heteroatoms. The van der Waals surface area contributed by atoms with E-state index in [4.69, 9.17) is 22.4 Å². The minimum absolute atomic E-state index is 0.0705. The third kappa shape index (κ3) is 3.61. The smallest absolute Gasteiger partial charge is 0.339 e. The van der Waals surface area contributed by atoms with Gasteiger partial charge in [0.2, 0.25) is 0 Å². The molecule has 0 radical (unpaired) electrons. The van der Waals surface area contributed by atoms with Gasteiger partial charge in [-0.05, 0) is 30.2 Å². The molecule has 0 aliphatic heterocycles. The lowest BCUT2D eigenvalue weighted by Crippen LogP contribution is -2.11. The van der Waals surface area contributed by atoms with Gasteiger partial charge in [-0.1, -0.05) is 23.7 Å². The molecule has 0 bridgehead atoms. The maximum absolute atomic E-state index is 11.1. The third-order valence-electron chi connectivity index (χ3n) is 2.76. The van der Waals surface area contributed by atoms with Crippen LogP contribution >= 0.6 is 11.6 Å². The minimum Gasteiger partial charge on any atom is -0.478 e. The van der Waals surface area contributed by atoms with Crippen LogP contribution in [0.3, 0.4) is 0 Å². The number of carbonyl (C=O) groups is 1. The Kier molecular flexibility index (Phi) is 4.42. The van der Waals surface area contributed by atoms with E-state index in [1.807, 2.05) is 24.3 Å². The molecular weight excluding hydrogens is 278 g/mol. The van der Waals surface area contributed by atoms with Crippen molar-refractivity contribution in [3.63, 3.8) is 0 Å². The number of carboxylic acid groups (broad SMARTS) is 1. The minimum atomic E-state index is -1.06. The molecule has 2 rings (SSSR count). The molecule has 1 heterocycles. The van der Waals surface area contributed by atoms with Crippen LogP contribution in [0, 0.1) is 0 Å². The van der Waals surface area contributed by atoms with Crippen LogP contribution in [0.4, 0.5) is 11.5 Å². The van der Waals surface area contributed by atoms with Gasteiger partial charge in [-0.3, -0.25) is 0 Å². The Bertz CT molecular complexity index is 614. The van der Waals surface area contributed by atoms with Crippen molar-refractivity contribution in [2.75, 3.05) is 17.6 Å². The standard InChI is InChI=1S/C14H14ClN3O2/c15-10-3-1-9(2-4-10)5-6-17-13-12(14(19)20)7-11(16)8-18-13/h1-4,7-8H,5-6,16H2,(H,17,18)(H,19,20). The number of pyridine rings is 1. The molecule has 104 valence electrons. The van der Waals surface area contributed by atoms with Crippen molar-refractivity contribution in [2.24, 2.45) is 0 Å². The Balaban J connectivity index is 2.00. The number of hydrogen-bond donors (Lipinski definition) is 3. The molecule has 2 aromatic rings. The number of nitrogen functional groups attached to an aromatic ring is 1. The number of aromatic nitrogens is 1. The molecule has 0 atom stereocenters. The third-order valence-corrected chi connectivity index (χ3v) is 3.01. The molecule has 0 saturated carbocycles. The summed E-state index contributed by atoms with van der Waals surface area (Å²) in [5, 5.41) is 12.8. The number of aromatic carboxylic acids is 1. The van der Waals surface area contributed by atoms with Crippen molar-refractivity contribution in [1.29, 1.82) is 0 Å². The number of carboxylic acids is 1. The average molecular weight is 292 g/mol. The summed E-state index contributed by atoms with van der Waals surface area (Å²) < 4.78 is 0. The van der Waals surface area contributed by atoms with E-state index in [2.05, 4.69) is 10.3 Å². The molecule has 5 nitrogen and oxygen atoms in total. The number of benzene rings is 1. The van der Waals surface area contributed by atoms with E-state index in [1.54, 1.807) is 0 Å². The molecule has 0 spiro atoms. The van der Waals surface area contributed by atoms with Crippen molar-refractivity contribution in [1.82, 2.24) is 4.98 Å². The maximum atomic E-state index is 11.1. The molecule has 0 aliphatic carbocycles. The van der Waals surface area contributed by atoms with Gasteiger partial charge in [0.25, 0.3) is 0 Å². The number of nitrogens with one attached hydrogen (secondary N) is 1. The zero-order valence-corrected chi connectivity index (χ0v) is 11.4. The fourth-order valence-electron chi connectivity index (χ4n) is 1.76. The Morgan fingerprint density at radius 3 is 2.70 bits per heavy atom. The first-order valence-electron chi connectivity index (χ1n) is 6.03. The number of rotatable bonds is 5. The number of nitrogens with two attached hydrogens (primary N) is 1. The van der Waals surface area contributed by atoms with Gasteiger partial charge in [-0.2, -0.15) is 0 Å². The second kappa shape index (κ2) is 6.25. The van der Waals surface area contributed by atoms with E-state index in [0.29, 0.717) is 23.1 Å². The summed E-state index contributed by atoms with van der Waals surface area (Å²) in [4.78, 5) is 15.1. The van der Waals surface area contributed by atoms with E-state index >= 15 is 0 Å². The highest BCUT2D eigenvalue weighted by Gasteiger charge is 2.11. The van der Waals surface area contributed by atoms with E-state index < -0.39 is 5.97 Å². The monoisotopic (exact) mass is 291 g/mol. The maximum Gasteiger partial charge on any atom is 0.339 e. The van der Waals surface area contributed by atoms with Crippen LogP contribution in [0.5, 0.6) is 0 Å². The number of anilines is 2. The fraction of sp³-hybridized carbons (Fsp3) is 0.143. The lowest BCUT2D eigenvalue weighted by Gasteiger charge is -2.09. The van der Waals surface area contributed by atoms with Crippen molar-refractivity contribution >= 4 is 29.1 Å². The van der Waals surface area contributed by atoms with Gasteiger partial charge in [0, 0.05) is 11.6 Å². The summed E-state index contributed by atoms with van der Waals surface area (Å²) in [6.45, 7) is 0.568. The first-order valence-corrected chi connectivity index (χ1v) is 6.41. The average Bonchev–Trinajstić information content (AvgIpc) is 2.42. The molecular formula is C14H14ClN3O2. The van der Waals surface area contributed by atoms with E-state index in [9.17, 15) is 4.79 Å². The van der Waals surface area contributed by atoms with Crippen LogP contribution in [0.25, 0.3) is 0 Å². The summed E-state index contributed by atoms with van der Waals surface area (Å²) in [6, 6.07) is 8.89. The second-order valence-electron chi connectivity index (χ2n) is 4.27. The molecule has 1 aromatic heterocycles. The van der Waals surface area contributed by atoms with Gasteiger partial charge in [0.1, 0.15) is 11.4 Å². The number of halogens is 1. The van der Waals surface area contributed by atoms with Gasteiger partial charge >= 0.3 is 5.97 Å². The first-order chi connectivity index (χ1) is 9.56. The molecule has 0 amide bonds. The van der Waals surface area contributed by atoms with Gasteiger partial charge in [-0.25, -0.2) is 9.78 Å². The van der Waals surface area contributed by atoms with Crippen LogP contribution in [-0.4, -0.2) is 22.6 Å². The first kappa shape index (κ1) is 14.1. The topological polar surface area (TPSA) is 88.2 Å². The van der Waals surface area contributed by atoms with Gasteiger partial charge in [0.15, 0.2) is 0 Å². The van der Waals surface area contributed by atoms with E-state index in [-0.39, 0.29) is 5.56 Å². The van der Waals surface area contributed by atoms with Gasteiger partial charge < -0.3 is 16.2 Å². The molecule has 0 unspecified atom stereocenters. The summed E-state index contributed by atoms with van der Waals surface area (Å²) >= 11 is 5.81. The second-order valence-corrected chi connectivity index (χ2v) is 4.71. The van der Waals surface area contributed by atoms with Crippen LogP contribution < -0.4 is 11.1 Å². The normalized spacial score (nSPS) is 10.2. The van der Waals surface area contributed by atoms with Crippen molar-refractivity contribution < 1.29 is 9.90 Å². The molecule has 0 fully saturated rings. The lowest BCUT2D eigenvalue weighted by atomic mass is 10.1. The number of hydrogen-bond acceptors (Lipinski definition) is 4. The summed E-state index contributed by atoms with van der Waals surface area (Å²) in [7, 11) is 0. The van der Waals surface area contributed by atoms with Crippen LogP contribution in [-0.2, 0) is 6.42 Å².